The summed E-state index contributed by atoms with van der Waals surface area (Å²) in [5.41, 5.74) is 1.15. The monoisotopic (exact) mass is 304 g/mol. The lowest BCUT2D eigenvalue weighted by molar-refractivity contribution is 0.0965. The summed E-state index contributed by atoms with van der Waals surface area (Å²) in [5.74, 6) is -0.0254. The van der Waals surface area contributed by atoms with Gasteiger partial charge >= 0.3 is 0 Å². The summed E-state index contributed by atoms with van der Waals surface area (Å²) in [6.07, 6.45) is 0. The molecule has 0 atom stereocenters. The van der Waals surface area contributed by atoms with E-state index in [0.717, 1.165) is 0 Å². The van der Waals surface area contributed by atoms with E-state index in [4.69, 9.17) is 9.68 Å². The lowest BCUT2D eigenvalue weighted by Gasteiger charge is -2.15. The maximum Gasteiger partial charge on any atom is 0.293 e. The largest absolute Gasteiger partial charge is 0.444 e. The smallest absolute Gasteiger partial charge is 0.293 e. The number of hydrogen-bond donors (Lipinski definition) is 0. The second-order valence-electron chi connectivity index (χ2n) is 3.63. The van der Waals surface area contributed by atoms with Crippen molar-refractivity contribution in [3.63, 3.8) is 0 Å². The zero-order valence-corrected chi connectivity index (χ0v) is 11.1. The van der Waals surface area contributed by atoms with Gasteiger partial charge in [-0.25, -0.2) is 0 Å². The van der Waals surface area contributed by atoms with Crippen LogP contribution in [-0.2, 0) is 0 Å². The van der Waals surface area contributed by atoms with E-state index in [1.54, 1.807) is 43.4 Å². The van der Waals surface area contributed by atoms with Gasteiger partial charge in [-0.1, -0.05) is 6.07 Å². The first-order chi connectivity index (χ1) is 8.61. The number of hydrogen-bond acceptors (Lipinski definition) is 3. The molecular weight excluding hydrogens is 296 g/mol. The number of anilines is 1. The van der Waals surface area contributed by atoms with Gasteiger partial charge < -0.3 is 9.32 Å². The van der Waals surface area contributed by atoms with Crippen LogP contribution in [0.5, 0.6) is 0 Å². The Morgan fingerprint density at radius 2 is 2.17 bits per heavy atom. The minimum Gasteiger partial charge on any atom is -0.444 e. The average Bonchev–Trinajstić information content (AvgIpc) is 2.83. The van der Waals surface area contributed by atoms with Crippen molar-refractivity contribution >= 4 is 27.5 Å². The summed E-state index contributed by atoms with van der Waals surface area (Å²) in [6.45, 7) is 0. The third kappa shape index (κ3) is 2.44. The highest BCUT2D eigenvalue weighted by atomic mass is 79.9. The molecule has 4 nitrogen and oxygen atoms in total. The van der Waals surface area contributed by atoms with Crippen molar-refractivity contribution in [1.82, 2.24) is 0 Å². The Morgan fingerprint density at radius 1 is 1.39 bits per heavy atom. The molecule has 0 aliphatic carbocycles. The van der Waals surface area contributed by atoms with Crippen LogP contribution in [0.4, 0.5) is 5.69 Å². The third-order valence-electron chi connectivity index (χ3n) is 2.45. The fraction of sp³-hybridized carbons (Fsp3) is 0.0769. The van der Waals surface area contributed by atoms with Crippen molar-refractivity contribution in [2.45, 2.75) is 0 Å². The van der Waals surface area contributed by atoms with Crippen LogP contribution in [0.3, 0.4) is 0 Å². The number of halogens is 1. The summed E-state index contributed by atoms with van der Waals surface area (Å²) in [4.78, 5) is 13.5. The van der Waals surface area contributed by atoms with Crippen LogP contribution in [-0.4, -0.2) is 13.0 Å². The molecule has 0 saturated carbocycles. The van der Waals surface area contributed by atoms with Crippen LogP contribution in [0, 0.1) is 11.3 Å². The molecule has 2 aromatic rings. The molecule has 0 spiro atoms. The summed E-state index contributed by atoms with van der Waals surface area (Å²) < 4.78 is 5.71. The van der Waals surface area contributed by atoms with Gasteiger partial charge in [0.25, 0.3) is 5.91 Å². The van der Waals surface area contributed by atoms with Crippen molar-refractivity contribution in [3.05, 3.63) is 52.4 Å². The van der Waals surface area contributed by atoms with E-state index < -0.39 is 0 Å². The molecular formula is C13H9BrN2O2. The van der Waals surface area contributed by atoms with Crippen molar-refractivity contribution in [1.29, 1.82) is 5.26 Å². The fourth-order valence-electron chi connectivity index (χ4n) is 1.50. The minimum absolute atomic E-state index is 0.242. The molecule has 0 fully saturated rings. The molecule has 2 rings (SSSR count). The van der Waals surface area contributed by atoms with Crippen LogP contribution in [0.15, 0.2) is 45.5 Å². The molecule has 0 N–H and O–H groups in total. The summed E-state index contributed by atoms with van der Waals surface area (Å²) in [7, 11) is 1.63. The van der Waals surface area contributed by atoms with E-state index >= 15 is 0 Å². The van der Waals surface area contributed by atoms with Crippen LogP contribution >= 0.6 is 15.9 Å². The number of nitriles is 1. The normalized spacial score (nSPS) is 9.83. The maximum atomic E-state index is 12.1. The van der Waals surface area contributed by atoms with Crippen LogP contribution in [0.1, 0.15) is 16.1 Å². The number of rotatable bonds is 2. The van der Waals surface area contributed by atoms with Gasteiger partial charge in [-0.3, -0.25) is 4.79 Å². The molecule has 0 unspecified atom stereocenters. The standard InChI is InChI=1S/C13H9BrN2O2/c1-16(10-4-2-3-9(7-10)8-15)13(17)11-5-6-12(14)18-11/h2-7H,1H3. The number of nitrogens with zero attached hydrogens (tertiary/aromatic N) is 2. The maximum absolute atomic E-state index is 12.1. The Morgan fingerprint density at radius 3 is 2.78 bits per heavy atom. The van der Waals surface area contributed by atoms with E-state index in [1.807, 2.05) is 6.07 Å². The lowest BCUT2D eigenvalue weighted by Crippen LogP contribution is -2.25. The fourth-order valence-corrected chi connectivity index (χ4v) is 1.80. The first-order valence-electron chi connectivity index (χ1n) is 5.15. The topological polar surface area (TPSA) is 57.2 Å². The molecule has 0 bridgehead atoms. The van der Waals surface area contributed by atoms with E-state index in [2.05, 4.69) is 15.9 Å². The van der Waals surface area contributed by atoms with Gasteiger partial charge in [0.05, 0.1) is 11.6 Å². The van der Waals surface area contributed by atoms with E-state index in [1.165, 1.54) is 4.90 Å². The van der Waals surface area contributed by atoms with Crippen molar-refractivity contribution in [2.24, 2.45) is 0 Å². The molecule has 18 heavy (non-hydrogen) atoms. The van der Waals surface area contributed by atoms with Gasteiger partial charge in [0.1, 0.15) is 0 Å². The van der Waals surface area contributed by atoms with Gasteiger partial charge in [-0.05, 0) is 46.3 Å². The van der Waals surface area contributed by atoms with Gasteiger partial charge in [0.2, 0.25) is 0 Å². The lowest BCUT2D eigenvalue weighted by atomic mass is 10.2. The number of carbonyl (C=O) groups is 1. The summed E-state index contributed by atoms with van der Waals surface area (Å²) >= 11 is 3.15. The Hall–Kier alpha value is -2.06. The molecule has 1 heterocycles. The average molecular weight is 305 g/mol. The van der Waals surface area contributed by atoms with Gasteiger partial charge in [-0.2, -0.15) is 5.26 Å². The SMILES string of the molecule is CN(C(=O)c1ccc(Br)o1)c1cccc(C#N)c1. The molecule has 5 heteroatoms. The van der Waals surface area contributed by atoms with Crippen LogP contribution < -0.4 is 4.90 Å². The van der Waals surface area contributed by atoms with E-state index in [9.17, 15) is 4.79 Å². The predicted molar refractivity (Wildman–Crippen MR) is 70.3 cm³/mol. The highest BCUT2D eigenvalue weighted by Gasteiger charge is 2.17. The molecule has 0 radical (unpaired) electrons. The first kappa shape index (κ1) is 12.4. The molecule has 0 saturated heterocycles. The van der Waals surface area contributed by atoms with Crippen molar-refractivity contribution in [3.8, 4) is 6.07 Å². The molecule has 1 aromatic heterocycles. The minimum atomic E-state index is -0.268. The Kier molecular flexibility index (Phi) is 3.49. The second kappa shape index (κ2) is 5.07. The molecule has 0 aliphatic heterocycles. The number of furan rings is 1. The van der Waals surface area contributed by atoms with E-state index in [-0.39, 0.29) is 11.7 Å². The zero-order chi connectivity index (χ0) is 13.1. The molecule has 1 amide bonds. The highest BCUT2D eigenvalue weighted by molar-refractivity contribution is 9.10. The number of carbonyl (C=O) groups excluding carboxylic acids is 1. The highest BCUT2D eigenvalue weighted by Crippen LogP contribution is 2.20. The second-order valence-corrected chi connectivity index (χ2v) is 4.41. The van der Waals surface area contributed by atoms with Gasteiger partial charge in [0.15, 0.2) is 10.4 Å². The third-order valence-corrected chi connectivity index (χ3v) is 2.88. The van der Waals surface area contributed by atoms with Crippen molar-refractivity contribution in [2.75, 3.05) is 11.9 Å². The van der Waals surface area contributed by atoms with Crippen molar-refractivity contribution < 1.29 is 9.21 Å². The van der Waals surface area contributed by atoms with Crippen LogP contribution in [0.25, 0.3) is 0 Å². The zero-order valence-electron chi connectivity index (χ0n) is 9.55. The first-order valence-corrected chi connectivity index (χ1v) is 5.94. The molecule has 0 aliphatic rings. The number of amides is 1. The Labute approximate surface area is 113 Å². The molecule has 1 aromatic carbocycles. The molecule has 90 valence electrons. The van der Waals surface area contributed by atoms with Gasteiger partial charge in [-0.15, -0.1) is 0 Å². The predicted octanol–water partition coefficient (Wildman–Crippen LogP) is 3.19. The summed E-state index contributed by atoms with van der Waals surface area (Å²) in [5, 5.41) is 8.82. The van der Waals surface area contributed by atoms with Gasteiger partial charge in [0, 0.05) is 12.7 Å². The summed E-state index contributed by atoms with van der Waals surface area (Å²) in [6, 6.07) is 12.1. The quantitative estimate of drug-likeness (QED) is 0.856. The van der Waals surface area contributed by atoms with Crippen LogP contribution in [0.2, 0.25) is 0 Å². The Bertz CT molecular complexity index is 628. The van der Waals surface area contributed by atoms with E-state index in [0.29, 0.717) is 15.9 Å². The number of benzene rings is 1. The Balaban J connectivity index is 2.28.